The van der Waals surface area contributed by atoms with Crippen molar-refractivity contribution >= 4 is 22.3 Å². The average Bonchev–Trinajstić information content (AvgIpc) is 3.00. The molecule has 0 radical (unpaired) electrons. The molecular formula is C13H17N5S. The molecule has 0 amide bonds. The smallest absolute Gasteiger partial charge is 0.188 e. The number of nitrogens with zero attached hydrogens (tertiary/aromatic N) is 3. The van der Waals surface area contributed by atoms with Crippen LogP contribution in [-0.4, -0.2) is 21.5 Å². The summed E-state index contributed by atoms with van der Waals surface area (Å²) in [5.41, 5.74) is 1.07. The van der Waals surface area contributed by atoms with Crippen LogP contribution in [0.4, 0.5) is 10.9 Å². The van der Waals surface area contributed by atoms with E-state index < -0.39 is 0 Å². The zero-order valence-corrected chi connectivity index (χ0v) is 11.9. The molecule has 0 aromatic carbocycles. The molecule has 3 rings (SSSR count). The number of aromatic nitrogens is 3. The fraction of sp³-hybridized carbons (Fsp3) is 0.462. The molecule has 0 unspecified atom stereocenters. The number of thiazole rings is 1. The van der Waals surface area contributed by atoms with Crippen LogP contribution in [0.15, 0.2) is 12.3 Å². The van der Waals surface area contributed by atoms with Crippen LogP contribution in [0.5, 0.6) is 0 Å². The van der Waals surface area contributed by atoms with E-state index in [9.17, 15) is 0 Å². The number of nitrogens with one attached hydrogen (secondary N) is 2. The molecule has 0 spiro atoms. The molecular weight excluding hydrogens is 258 g/mol. The highest BCUT2D eigenvalue weighted by atomic mass is 32.1. The van der Waals surface area contributed by atoms with E-state index in [1.807, 2.05) is 26.1 Å². The molecule has 19 heavy (non-hydrogen) atoms. The highest BCUT2D eigenvalue weighted by molar-refractivity contribution is 7.15. The summed E-state index contributed by atoms with van der Waals surface area (Å²) in [7, 11) is 0. The lowest BCUT2D eigenvalue weighted by molar-refractivity contribution is 0.623. The Kier molecular flexibility index (Phi) is 3.44. The van der Waals surface area contributed by atoms with Crippen molar-refractivity contribution in [3.63, 3.8) is 0 Å². The molecule has 1 atom stereocenters. The maximum absolute atomic E-state index is 4.53. The fourth-order valence-electron chi connectivity index (χ4n) is 2.29. The Hall–Kier alpha value is -1.53. The van der Waals surface area contributed by atoms with E-state index in [1.54, 1.807) is 11.3 Å². The molecule has 2 N–H and O–H groups in total. The summed E-state index contributed by atoms with van der Waals surface area (Å²) in [6, 6.07) is 2.38. The molecule has 1 fully saturated rings. The van der Waals surface area contributed by atoms with Gasteiger partial charge in [-0.2, -0.15) is 0 Å². The molecule has 6 heteroatoms. The molecule has 0 aliphatic carbocycles. The molecule has 100 valence electrons. The lowest BCUT2D eigenvalue weighted by Gasteiger charge is -2.12. The first kappa shape index (κ1) is 12.5. The second kappa shape index (κ2) is 5.22. The van der Waals surface area contributed by atoms with E-state index in [0.29, 0.717) is 6.04 Å². The van der Waals surface area contributed by atoms with Crippen molar-refractivity contribution in [2.45, 2.75) is 32.7 Å². The predicted molar refractivity (Wildman–Crippen MR) is 76.9 cm³/mol. The van der Waals surface area contributed by atoms with E-state index in [-0.39, 0.29) is 0 Å². The van der Waals surface area contributed by atoms with Crippen molar-refractivity contribution in [1.82, 2.24) is 20.3 Å². The molecule has 1 aliphatic heterocycles. The van der Waals surface area contributed by atoms with Gasteiger partial charge in [-0.25, -0.2) is 15.0 Å². The van der Waals surface area contributed by atoms with Crippen molar-refractivity contribution < 1.29 is 0 Å². The van der Waals surface area contributed by atoms with Crippen molar-refractivity contribution in [2.24, 2.45) is 0 Å². The summed E-state index contributed by atoms with van der Waals surface area (Å²) in [5.74, 6) is 1.62. The van der Waals surface area contributed by atoms with Crippen LogP contribution in [0.25, 0.3) is 0 Å². The topological polar surface area (TPSA) is 62.7 Å². The number of hydrogen-bond acceptors (Lipinski definition) is 6. The molecule has 2 aromatic heterocycles. The fourth-order valence-corrected chi connectivity index (χ4v) is 2.96. The van der Waals surface area contributed by atoms with Gasteiger partial charge in [0.2, 0.25) is 0 Å². The second-order valence-corrected chi connectivity index (χ2v) is 6.01. The van der Waals surface area contributed by atoms with Gasteiger partial charge in [-0.05, 0) is 33.2 Å². The van der Waals surface area contributed by atoms with Gasteiger partial charge in [0.15, 0.2) is 5.13 Å². The first-order valence-corrected chi connectivity index (χ1v) is 7.31. The number of hydrogen-bond donors (Lipinski definition) is 2. The molecule has 0 bridgehead atoms. The van der Waals surface area contributed by atoms with Crippen LogP contribution < -0.4 is 10.6 Å². The summed E-state index contributed by atoms with van der Waals surface area (Å²) in [4.78, 5) is 14.4. The Bertz CT molecular complexity index is 574. The highest BCUT2D eigenvalue weighted by Gasteiger charge is 2.18. The minimum atomic E-state index is 0.361. The van der Waals surface area contributed by atoms with E-state index in [1.165, 1.54) is 11.3 Å². The van der Waals surface area contributed by atoms with Crippen molar-refractivity contribution in [1.29, 1.82) is 0 Å². The molecule has 1 aliphatic rings. The van der Waals surface area contributed by atoms with Gasteiger partial charge in [0, 0.05) is 23.2 Å². The lowest BCUT2D eigenvalue weighted by Crippen LogP contribution is -2.15. The first-order chi connectivity index (χ1) is 9.20. The van der Waals surface area contributed by atoms with E-state index in [4.69, 9.17) is 0 Å². The number of aryl methyl sites for hydroxylation is 2. The van der Waals surface area contributed by atoms with Gasteiger partial charge in [-0.15, -0.1) is 11.3 Å². The zero-order valence-electron chi connectivity index (χ0n) is 11.1. The average molecular weight is 275 g/mol. The van der Waals surface area contributed by atoms with Gasteiger partial charge in [0.05, 0.1) is 5.69 Å². The van der Waals surface area contributed by atoms with Gasteiger partial charge >= 0.3 is 0 Å². The molecule has 5 nitrogen and oxygen atoms in total. The van der Waals surface area contributed by atoms with Crippen LogP contribution in [0.3, 0.4) is 0 Å². The van der Waals surface area contributed by atoms with Gasteiger partial charge in [0.25, 0.3) is 0 Å². The van der Waals surface area contributed by atoms with Gasteiger partial charge < -0.3 is 10.6 Å². The third-order valence-electron chi connectivity index (χ3n) is 3.13. The summed E-state index contributed by atoms with van der Waals surface area (Å²) < 4.78 is 0. The largest absolute Gasteiger partial charge is 0.316 e. The van der Waals surface area contributed by atoms with Crippen LogP contribution in [0, 0.1) is 13.8 Å². The Morgan fingerprint density at radius 1 is 1.37 bits per heavy atom. The third-order valence-corrected chi connectivity index (χ3v) is 3.96. The SMILES string of the molecule is Cc1nc(Nc2ncc(C)s2)cc([C@@H]2CCCN2)n1. The highest BCUT2D eigenvalue weighted by Crippen LogP contribution is 2.25. The van der Waals surface area contributed by atoms with Crippen LogP contribution >= 0.6 is 11.3 Å². The first-order valence-electron chi connectivity index (χ1n) is 6.49. The van der Waals surface area contributed by atoms with E-state index >= 15 is 0 Å². The number of anilines is 2. The van der Waals surface area contributed by atoms with Gasteiger partial charge in [-0.3, -0.25) is 0 Å². The Morgan fingerprint density at radius 3 is 2.95 bits per heavy atom. The summed E-state index contributed by atoms with van der Waals surface area (Å²) in [6.45, 7) is 5.04. The van der Waals surface area contributed by atoms with Crippen LogP contribution in [0.2, 0.25) is 0 Å². The molecule has 3 heterocycles. The maximum Gasteiger partial charge on any atom is 0.188 e. The predicted octanol–water partition coefficient (Wildman–Crippen LogP) is 2.72. The normalized spacial score (nSPS) is 18.7. The summed E-state index contributed by atoms with van der Waals surface area (Å²) in [6.07, 6.45) is 4.22. The van der Waals surface area contributed by atoms with Crippen molar-refractivity contribution in [2.75, 3.05) is 11.9 Å². The third kappa shape index (κ3) is 2.90. The van der Waals surface area contributed by atoms with Crippen LogP contribution in [-0.2, 0) is 0 Å². The standard InChI is InChI=1S/C13H17N5S/c1-8-7-15-13(19-8)18-12-6-11(16-9(2)17-12)10-4-3-5-14-10/h6-7,10,14H,3-5H2,1-2H3,(H,15,16,17,18)/t10-/m0/s1. The number of rotatable bonds is 3. The van der Waals surface area contributed by atoms with E-state index in [0.717, 1.165) is 35.4 Å². The quantitative estimate of drug-likeness (QED) is 0.901. The zero-order chi connectivity index (χ0) is 13.2. The molecule has 0 saturated carbocycles. The van der Waals surface area contributed by atoms with Crippen molar-refractivity contribution in [3.8, 4) is 0 Å². The minimum Gasteiger partial charge on any atom is -0.316 e. The van der Waals surface area contributed by atoms with Crippen LogP contribution in [0.1, 0.15) is 35.3 Å². The Morgan fingerprint density at radius 2 is 2.26 bits per heavy atom. The summed E-state index contributed by atoms with van der Waals surface area (Å²) >= 11 is 1.63. The monoisotopic (exact) mass is 275 g/mol. The second-order valence-electron chi connectivity index (χ2n) is 4.78. The Balaban J connectivity index is 1.84. The van der Waals surface area contributed by atoms with Gasteiger partial charge in [0.1, 0.15) is 11.6 Å². The van der Waals surface area contributed by atoms with Gasteiger partial charge in [-0.1, -0.05) is 0 Å². The van der Waals surface area contributed by atoms with E-state index in [2.05, 4.69) is 25.6 Å². The molecule has 1 saturated heterocycles. The maximum atomic E-state index is 4.53. The minimum absolute atomic E-state index is 0.361. The van der Waals surface area contributed by atoms with Crippen molar-refractivity contribution in [3.05, 3.63) is 28.7 Å². The summed E-state index contributed by atoms with van der Waals surface area (Å²) in [5, 5.41) is 7.60. The Labute approximate surface area is 116 Å². The lowest BCUT2D eigenvalue weighted by atomic mass is 10.1. The molecule has 2 aromatic rings.